The Labute approximate surface area is 421 Å². The van der Waals surface area contributed by atoms with E-state index in [1.54, 1.807) is 0 Å². The normalized spacial score (nSPS) is 54.2. The molecule has 9 aliphatic rings. The van der Waals surface area contributed by atoms with Gasteiger partial charge < -0.3 is 94.1 Å². The highest BCUT2D eigenvalue weighted by molar-refractivity contribution is 5.79. The average molecular weight is 1030 g/mol. The Kier molecular flexibility index (Phi) is 15.2. The summed E-state index contributed by atoms with van der Waals surface area (Å²) in [6.07, 6.45) is -16.0. The van der Waals surface area contributed by atoms with Gasteiger partial charge >= 0.3 is 5.97 Å². The molecule has 4 saturated heterocycles. The maximum absolute atomic E-state index is 14.9. The van der Waals surface area contributed by atoms with Gasteiger partial charge in [-0.2, -0.15) is 0 Å². The number of ether oxygens (including phenoxy) is 8. The summed E-state index contributed by atoms with van der Waals surface area (Å²) in [5.41, 5.74) is -0.501. The van der Waals surface area contributed by atoms with E-state index in [0.29, 0.717) is 25.2 Å². The van der Waals surface area contributed by atoms with Crippen LogP contribution in [0.15, 0.2) is 11.6 Å². The van der Waals surface area contributed by atoms with Crippen LogP contribution in [0, 0.1) is 50.2 Å². The van der Waals surface area contributed by atoms with Gasteiger partial charge in [-0.25, -0.2) is 0 Å². The van der Waals surface area contributed by atoms with Gasteiger partial charge in [-0.1, -0.05) is 60.1 Å². The number of carbonyl (C=O) groups is 1. The van der Waals surface area contributed by atoms with Crippen LogP contribution < -0.4 is 0 Å². The predicted octanol–water partition coefficient (Wildman–Crippen LogP) is 0.271. The van der Waals surface area contributed by atoms with Crippen molar-refractivity contribution in [3.05, 3.63) is 11.6 Å². The number of fused-ring (bicyclic) bond motifs is 7. The van der Waals surface area contributed by atoms with Crippen LogP contribution in [-0.2, 0) is 42.7 Å². The van der Waals surface area contributed by atoms with E-state index in [4.69, 9.17) is 37.9 Å². The van der Waals surface area contributed by atoms with Crippen molar-refractivity contribution in [2.45, 2.75) is 236 Å². The van der Waals surface area contributed by atoms with Gasteiger partial charge in [0.15, 0.2) is 18.9 Å². The van der Waals surface area contributed by atoms with Gasteiger partial charge in [0.25, 0.3) is 0 Å². The Morgan fingerprint density at radius 2 is 1.18 bits per heavy atom. The van der Waals surface area contributed by atoms with E-state index in [-0.39, 0.29) is 58.2 Å². The lowest BCUT2D eigenvalue weighted by Crippen LogP contribution is -2.66. The summed E-state index contributed by atoms with van der Waals surface area (Å²) >= 11 is 0. The SMILES string of the molecule is C[C@@H]1O[C@@H](O[C@H]2CO[C@H](OC(=O)[C@]34CCC(C)(C)CC3C3=CCC5[C@@]6(C)CC[C@H](O[C@@H]7OC[C@H](O[C@@H]8O[C@H](CO)[C@@H](O)[C@H](O)[C@H]8O)[C@H](O)[C@H]7O)C(C)(C)C6CC[C@@]5(C)C3(C)CC4)[C@H](O)[C@H]2O)[C@H](O)[C@H](O)[C@H]1O. The second-order valence-electron chi connectivity index (χ2n) is 25.4. The molecule has 0 radical (unpaired) electrons. The fraction of sp³-hybridized carbons (Fsp3) is 0.942. The average Bonchev–Trinajstić information content (AvgIpc) is 3.32. The van der Waals surface area contributed by atoms with Crippen molar-refractivity contribution in [3.8, 4) is 0 Å². The molecule has 8 fully saturated rings. The quantitative estimate of drug-likeness (QED) is 0.0839. The zero-order valence-corrected chi connectivity index (χ0v) is 43.1. The molecule has 9 rings (SSSR count). The summed E-state index contributed by atoms with van der Waals surface area (Å²) in [6, 6.07) is 0. The molecule has 0 aromatic carbocycles. The zero-order chi connectivity index (χ0) is 52.4. The molecule has 20 heteroatoms. The first-order chi connectivity index (χ1) is 33.7. The minimum Gasteiger partial charge on any atom is -0.432 e. The standard InChI is InChI=1S/C52H84O20/c1-23-32(54)36(58)40(62)44(67-23)69-27-22-66-43(39(61)35(27)57)72-46(64)52-17-15-47(2,3)19-25(52)24-9-10-30-49(6)13-12-31(48(4,5)29(49)11-14-51(30,8)50(24,7)16-18-52)71-42-38(60)34(56)28(21-65-42)70-45-41(63)37(59)33(55)26(20-53)68-45/h9,23,25-45,53-63H,10-22H2,1-8H3/t23-,25?,26+,27-,28-,29?,30?,31-,32-,33+,34-,35-,36+,37-,38+,39+,40+,41+,42-,43+,44-,45-,49-,50?,51+,52-/m0/s1. The van der Waals surface area contributed by atoms with Crippen LogP contribution in [0.3, 0.4) is 0 Å². The summed E-state index contributed by atoms with van der Waals surface area (Å²) in [4.78, 5) is 14.9. The highest BCUT2D eigenvalue weighted by Gasteiger charge is 2.70. The van der Waals surface area contributed by atoms with Crippen molar-refractivity contribution < 1.29 is 98.9 Å². The minimum atomic E-state index is -1.69. The van der Waals surface area contributed by atoms with Crippen LogP contribution in [0.4, 0.5) is 0 Å². The molecular formula is C52H84O20. The van der Waals surface area contributed by atoms with Gasteiger partial charge in [-0.3, -0.25) is 4.79 Å². The van der Waals surface area contributed by atoms with Gasteiger partial charge in [0.2, 0.25) is 6.29 Å². The molecule has 412 valence electrons. The maximum atomic E-state index is 14.9. The summed E-state index contributed by atoms with van der Waals surface area (Å²) < 4.78 is 47.2. The molecule has 26 atom stereocenters. The van der Waals surface area contributed by atoms with E-state index in [1.807, 2.05) is 0 Å². The lowest BCUT2D eigenvalue weighted by atomic mass is 9.33. The van der Waals surface area contributed by atoms with Gasteiger partial charge in [0.05, 0.1) is 37.4 Å². The molecule has 4 heterocycles. The Bertz CT molecular complexity index is 1990. The molecule has 20 nitrogen and oxygen atoms in total. The third-order valence-electron chi connectivity index (χ3n) is 20.6. The number of hydrogen-bond acceptors (Lipinski definition) is 20. The Balaban J connectivity index is 0.876. The van der Waals surface area contributed by atoms with Crippen molar-refractivity contribution in [1.82, 2.24) is 0 Å². The molecule has 0 aromatic rings. The van der Waals surface area contributed by atoms with Crippen LogP contribution in [0.2, 0.25) is 0 Å². The molecular weight excluding hydrogens is 945 g/mol. The van der Waals surface area contributed by atoms with Gasteiger partial charge in [0.1, 0.15) is 79.4 Å². The van der Waals surface area contributed by atoms with Crippen molar-refractivity contribution in [2.24, 2.45) is 50.2 Å². The molecule has 0 aromatic heterocycles. The molecule has 11 N–H and O–H groups in total. The Morgan fingerprint density at radius 3 is 1.82 bits per heavy atom. The number of rotatable bonds is 9. The fourth-order valence-electron chi connectivity index (χ4n) is 15.9. The molecule has 0 amide bonds. The molecule has 4 saturated carbocycles. The molecule has 0 spiro atoms. The van der Waals surface area contributed by atoms with E-state index in [9.17, 15) is 61.0 Å². The van der Waals surface area contributed by atoms with Crippen LogP contribution in [0.25, 0.3) is 0 Å². The lowest BCUT2D eigenvalue weighted by molar-refractivity contribution is -0.351. The number of esters is 1. The van der Waals surface area contributed by atoms with Gasteiger partial charge in [-0.05, 0) is 116 Å². The first-order valence-electron chi connectivity index (χ1n) is 26.5. The number of allylic oxidation sites excluding steroid dienone is 2. The summed E-state index contributed by atoms with van der Waals surface area (Å²) in [5, 5.41) is 117. The second-order valence-corrected chi connectivity index (χ2v) is 25.4. The van der Waals surface area contributed by atoms with Crippen molar-refractivity contribution in [3.63, 3.8) is 0 Å². The molecule has 0 bridgehead atoms. The van der Waals surface area contributed by atoms with E-state index in [2.05, 4.69) is 54.5 Å². The van der Waals surface area contributed by atoms with Crippen molar-refractivity contribution in [1.29, 1.82) is 0 Å². The lowest BCUT2D eigenvalue weighted by Gasteiger charge is -2.71. The van der Waals surface area contributed by atoms with Crippen molar-refractivity contribution in [2.75, 3.05) is 19.8 Å². The Hall–Kier alpha value is -1.51. The van der Waals surface area contributed by atoms with Crippen LogP contribution in [0.1, 0.15) is 120 Å². The second kappa shape index (κ2) is 19.7. The van der Waals surface area contributed by atoms with Crippen LogP contribution in [0.5, 0.6) is 0 Å². The van der Waals surface area contributed by atoms with Gasteiger partial charge in [-0.15, -0.1) is 0 Å². The Morgan fingerprint density at radius 1 is 0.611 bits per heavy atom. The topological polar surface area (TPSA) is 313 Å². The van der Waals surface area contributed by atoms with Crippen molar-refractivity contribution >= 4 is 5.97 Å². The first kappa shape index (κ1) is 55.3. The van der Waals surface area contributed by atoms with Gasteiger partial charge in [0, 0.05) is 0 Å². The third-order valence-corrected chi connectivity index (χ3v) is 20.6. The molecule has 72 heavy (non-hydrogen) atoms. The minimum absolute atomic E-state index is 0.0598. The molecule has 5 aliphatic carbocycles. The number of aliphatic hydroxyl groups is 11. The number of carbonyl (C=O) groups excluding carboxylic acids is 1. The molecule has 4 unspecified atom stereocenters. The highest BCUT2D eigenvalue weighted by Crippen LogP contribution is 2.76. The van der Waals surface area contributed by atoms with Crippen LogP contribution in [-0.4, -0.2) is 199 Å². The van der Waals surface area contributed by atoms with E-state index in [1.165, 1.54) is 12.5 Å². The fourth-order valence-corrected chi connectivity index (χ4v) is 15.9. The zero-order valence-electron chi connectivity index (χ0n) is 43.1. The van der Waals surface area contributed by atoms with E-state index < -0.39 is 129 Å². The molecule has 4 aliphatic heterocycles. The van der Waals surface area contributed by atoms with Crippen LogP contribution >= 0.6 is 0 Å². The first-order valence-corrected chi connectivity index (χ1v) is 26.5. The monoisotopic (exact) mass is 1030 g/mol. The summed E-state index contributed by atoms with van der Waals surface area (Å²) in [6.45, 7) is 16.6. The summed E-state index contributed by atoms with van der Waals surface area (Å²) in [7, 11) is 0. The summed E-state index contributed by atoms with van der Waals surface area (Å²) in [5.74, 6) is -0.0685. The number of aliphatic hydroxyl groups excluding tert-OH is 11. The number of hydrogen-bond donors (Lipinski definition) is 11. The van der Waals surface area contributed by atoms with E-state index >= 15 is 0 Å². The largest absolute Gasteiger partial charge is 0.432 e. The maximum Gasteiger partial charge on any atom is 0.315 e. The highest BCUT2D eigenvalue weighted by atomic mass is 16.8. The smallest absolute Gasteiger partial charge is 0.315 e. The predicted molar refractivity (Wildman–Crippen MR) is 249 cm³/mol. The van der Waals surface area contributed by atoms with E-state index in [0.717, 1.165) is 44.9 Å². The third kappa shape index (κ3) is 8.87.